The minimum atomic E-state index is -1.41. The zero-order valence-corrected chi connectivity index (χ0v) is 33.1. The molecule has 6 rings (SSSR count). The molecule has 3 amide bonds. The summed E-state index contributed by atoms with van der Waals surface area (Å²) < 4.78 is 18.7. The number of nitrogens with one attached hydrogen (secondary N) is 1. The fourth-order valence-electron chi connectivity index (χ4n) is 8.66. The fraction of sp³-hybridized carbons (Fsp3) is 0.442. The Labute approximate surface area is 330 Å². The minimum absolute atomic E-state index is 0.0372. The quantitative estimate of drug-likeness (QED) is 0.104. The van der Waals surface area contributed by atoms with Crippen LogP contribution in [0.3, 0.4) is 0 Å². The van der Waals surface area contributed by atoms with Gasteiger partial charge in [0, 0.05) is 30.6 Å². The molecule has 3 aromatic carbocycles. The van der Waals surface area contributed by atoms with Gasteiger partial charge in [-0.1, -0.05) is 103 Å². The summed E-state index contributed by atoms with van der Waals surface area (Å²) >= 11 is 3.76. The van der Waals surface area contributed by atoms with Gasteiger partial charge in [-0.3, -0.25) is 19.2 Å². The zero-order chi connectivity index (χ0) is 39.4. The number of fused-ring (bicyclic) bond motifs is 2. The van der Waals surface area contributed by atoms with E-state index in [4.69, 9.17) is 14.2 Å². The summed E-state index contributed by atoms with van der Waals surface area (Å²) in [4.78, 5) is 60.6. The first-order valence-electron chi connectivity index (χ1n) is 18.8. The Hall–Kier alpha value is -4.36. The van der Waals surface area contributed by atoms with E-state index in [1.165, 1.54) is 12.0 Å². The van der Waals surface area contributed by atoms with Crippen LogP contribution >= 0.6 is 15.9 Å². The second-order valence-corrected chi connectivity index (χ2v) is 16.1. The van der Waals surface area contributed by atoms with Crippen LogP contribution in [0.15, 0.2) is 98.1 Å². The number of carbonyl (C=O) groups excluding carboxylic acids is 4. The number of rotatable bonds is 17. The SMILES string of the molecule is C=CCCC(=O)N[C@H](COC)[C@H](OC(=O)[C@@H]1[C@H]2O[C@@]3(CC2Br)[C@H](C(=O)N(CC=C)c2ccc4ccccc4c2)N([C@@H](CO)C(C)C)C(=O)[C@@H]13)c1ccccc1. The lowest BCUT2D eigenvalue weighted by molar-refractivity contribution is -0.163. The van der Waals surface area contributed by atoms with E-state index in [1.807, 2.05) is 74.5 Å². The third-order valence-corrected chi connectivity index (χ3v) is 12.0. The Bertz CT molecular complexity index is 1910. The molecular formula is C43H50BrN3O8. The van der Waals surface area contributed by atoms with Gasteiger partial charge in [-0.15, -0.1) is 13.2 Å². The van der Waals surface area contributed by atoms with E-state index in [1.54, 1.807) is 29.2 Å². The number of benzene rings is 3. The number of methoxy groups -OCH3 is 1. The Balaban J connectivity index is 1.40. The normalized spacial score (nSPS) is 25.7. The van der Waals surface area contributed by atoms with Crippen LogP contribution in [0, 0.1) is 17.8 Å². The monoisotopic (exact) mass is 815 g/mol. The molecule has 11 nitrogen and oxygen atoms in total. The van der Waals surface area contributed by atoms with Crippen LogP contribution < -0.4 is 10.2 Å². The summed E-state index contributed by atoms with van der Waals surface area (Å²) in [6, 6.07) is 19.9. The molecular weight excluding hydrogens is 766 g/mol. The lowest BCUT2D eigenvalue weighted by Gasteiger charge is -2.40. The van der Waals surface area contributed by atoms with Crippen molar-refractivity contribution in [1.29, 1.82) is 0 Å². The molecule has 9 atom stereocenters. The number of hydrogen-bond donors (Lipinski definition) is 2. The maximum absolute atomic E-state index is 15.2. The maximum Gasteiger partial charge on any atom is 0.313 e. The van der Waals surface area contributed by atoms with Crippen LogP contribution in [0.2, 0.25) is 0 Å². The van der Waals surface area contributed by atoms with Crippen molar-refractivity contribution in [2.45, 2.75) is 73.9 Å². The van der Waals surface area contributed by atoms with Gasteiger partial charge in [0.2, 0.25) is 11.8 Å². The predicted octanol–water partition coefficient (Wildman–Crippen LogP) is 5.51. The molecule has 3 saturated heterocycles. The topological polar surface area (TPSA) is 135 Å². The van der Waals surface area contributed by atoms with Crippen molar-refractivity contribution >= 4 is 56.1 Å². The largest absolute Gasteiger partial charge is 0.455 e. The van der Waals surface area contributed by atoms with Crippen molar-refractivity contribution in [2.24, 2.45) is 17.8 Å². The van der Waals surface area contributed by atoms with Gasteiger partial charge < -0.3 is 34.4 Å². The van der Waals surface area contributed by atoms with Gasteiger partial charge in [0.1, 0.15) is 17.7 Å². The van der Waals surface area contributed by atoms with Crippen LogP contribution in [0.5, 0.6) is 0 Å². The molecule has 0 aromatic heterocycles. The van der Waals surface area contributed by atoms with Crippen LogP contribution in [-0.2, 0) is 33.4 Å². The smallest absolute Gasteiger partial charge is 0.313 e. The number of anilines is 1. The first-order chi connectivity index (χ1) is 26.5. The standard InChI is InChI=1S/C43H50BrN3O8/c1-6-8-18-34(49)45-32(25-53-5)37(28-15-10-9-11-16-28)54-42(52)35-36-40(50)47(33(24-48)26(3)4)39(43(36)23-31(44)38(35)55-43)41(51)46(21-7-2)30-20-19-27-14-12-13-17-29(27)22-30/h6-7,9-17,19-20,22,26,31-33,35-39,48H,1-2,8,18,21,23-25H2,3-5H3,(H,45,49)/t31?,32-,33+,35+,36-,37-,38+,39+,43-/m1/s1. The van der Waals surface area contributed by atoms with Gasteiger partial charge in [-0.25, -0.2) is 0 Å². The van der Waals surface area contributed by atoms with Crippen LogP contribution in [0.25, 0.3) is 10.8 Å². The minimum Gasteiger partial charge on any atom is -0.455 e. The second kappa shape index (κ2) is 17.2. The van der Waals surface area contributed by atoms with Crippen molar-refractivity contribution in [3.63, 3.8) is 0 Å². The number of allylic oxidation sites excluding steroid dienone is 1. The first kappa shape index (κ1) is 40.3. The summed E-state index contributed by atoms with van der Waals surface area (Å²) in [5, 5.41) is 15.7. The van der Waals surface area contributed by atoms with Gasteiger partial charge in [0.25, 0.3) is 5.91 Å². The molecule has 2 bridgehead atoms. The molecule has 55 heavy (non-hydrogen) atoms. The Morgan fingerprint density at radius 2 is 1.78 bits per heavy atom. The van der Waals surface area contributed by atoms with Gasteiger partial charge in [0.15, 0.2) is 0 Å². The Kier molecular flexibility index (Phi) is 12.6. The third-order valence-electron chi connectivity index (χ3n) is 11.2. The van der Waals surface area contributed by atoms with Crippen molar-refractivity contribution in [3.8, 4) is 0 Å². The number of esters is 1. The predicted molar refractivity (Wildman–Crippen MR) is 213 cm³/mol. The highest BCUT2D eigenvalue weighted by Crippen LogP contribution is 2.61. The highest BCUT2D eigenvalue weighted by atomic mass is 79.9. The van der Waals surface area contributed by atoms with Crippen molar-refractivity contribution in [2.75, 3.05) is 31.8 Å². The number of ether oxygens (including phenoxy) is 3. The van der Waals surface area contributed by atoms with Crippen molar-refractivity contribution in [3.05, 3.63) is 104 Å². The molecule has 3 aliphatic heterocycles. The van der Waals surface area contributed by atoms with Gasteiger partial charge in [-0.2, -0.15) is 0 Å². The van der Waals surface area contributed by atoms with Crippen molar-refractivity contribution in [1.82, 2.24) is 10.2 Å². The molecule has 1 spiro atoms. The molecule has 0 radical (unpaired) electrons. The molecule has 292 valence electrons. The third kappa shape index (κ3) is 7.61. The lowest BCUT2D eigenvalue weighted by atomic mass is 9.70. The number of halogens is 1. The van der Waals surface area contributed by atoms with E-state index in [2.05, 4.69) is 34.4 Å². The molecule has 0 saturated carbocycles. The summed E-state index contributed by atoms with van der Waals surface area (Å²) in [5.74, 6) is -4.22. The van der Waals surface area contributed by atoms with Crippen LogP contribution in [-0.4, -0.2) is 95.2 Å². The number of aliphatic hydroxyl groups excluding tert-OH is 1. The van der Waals surface area contributed by atoms with Gasteiger partial charge >= 0.3 is 5.97 Å². The van der Waals surface area contributed by atoms with E-state index >= 15 is 4.79 Å². The molecule has 0 aliphatic carbocycles. The molecule has 3 heterocycles. The maximum atomic E-state index is 15.2. The van der Waals surface area contributed by atoms with Crippen LogP contribution in [0.1, 0.15) is 44.8 Å². The summed E-state index contributed by atoms with van der Waals surface area (Å²) in [7, 11) is 1.50. The van der Waals surface area contributed by atoms with E-state index in [0.29, 0.717) is 17.7 Å². The number of nitrogens with zero attached hydrogens (tertiary/aromatic N) is 2. The average Bonchev–Trinajstić information content (AvgIpc) is 3.78. The molecule has 1 unspecified atom stereocenters. The van der Waals surface area contributed by atoms with Gasteiger partial charge in [-0.05, 0) is 47.2 Å². The number of alkyl halides is 1. The van der Waals surface area contributed by atoms with Crippen molar-refractivity contribution < 1.29 is 38.5 Å². The molecule has 12 heteroatoms. The van der Waals surface area contributed by atoms with E-state index in [0.717, 1.165) is 10.8 Å². The van der Waals surface area contributed by atoms with E-state index < -0.39 is 77.0 Å². The zero-order valence-electron chi connectivity index (χ0n) is 31.5. The number of amides is 3. The van der Waals surface area contributed by atoms with E-state index in [-0.39, 0.29) is 37.8 Å². The van der Waals surface area contributed by atoms with Gasteiger partial charge in [0.05, 0.1) is 43.2 Å². The number of aliphatic hydroxyl groups is 1. The molecule has 2 N–H and O–H groups in total. The number of hydrogen-bond acceptors (Lipinski definition) is 8. The number of carbonyl (C=O) groups is 4. The molecule has 3 aliphatic rings. The van der Waals surface area contributed by atoms with Crippen LogP contribution in [0.4, 0.5) is 5.69 Å². The Morgan fingerprint density at radius 1 is 1.07 bits per heavy atom. The average molecular weight is 817 g/mol. The molecule has 3 fully saturated rings. The Morgan fingerprint density at radius 3 is 2.44 bits per heavy atom. The summed E-state index contributed by atoms with van der Waals surface area (Å²) in [5.41, 5.74) is -0.175. The fourth-order valence-corrected chi connectivity index (χ4v) is 9.61. The lowest BCUT2D eigenvalue weighted by Crippen LogP contribution is -2.60. The molecule has 3 aromatic rings. The van der Waals surface area contributed by atoms with E-state index in [9.17, 15) is 19.5 Å². The second-order valence-electron chi connectivity index (χ2n) is 14.9. The summed E-state index contributed by atoms with van der Waals surface area (Å²) in [6.07, 6.45) is 2.44. The highest BCUT2D eigenvalue weighted by Gasteiger charge is 2.78. The highest BCUT2D eigenvalue weighted by molar-refractivity contribution is 9.09. The number of likely N-dealkylation sites (tertiary alicyclic amines) is 1. The first-order valence-corrected chi connectivity index (χ1v) is 19.7. The summed E-state index contributed by atoms with van der Waals surface area (Å²) in [6.45, 7) is 11.2.